The van der Waals surface area contributed by atoms with E-state index < -0.39 is 5.91 Å². The molecule has 2 amide bonds. The molecule has 0 radical (unpaired) electrons. The van der Waals surface area contributed by atoms with Gasteiger partial charge in [0.1, 0.15) is 6.54 Å². The number of hydrogen-bond donors (Lipinski definition) is 2. The van der Waals surface area contributed by atoms with Crippen molar-refractivity contribution in [2.45, 2.75) is 6.54 Å². The van der Waals surface area contributed by atoms with Gasteiger partial charge in [0.2, 0.25) is 5.91 Å². The summed E-state index contributed by atoms with van der Waals surface area (Å²) in [5, 5.41) is 4.77. The molecule has 29 heavy (non-hydrogen) atoms. The molecule has 3 aromatic rings. The highest BCUT2D eigenvalue weighted by molar-refractivity contribution is 8.18. The summed E-state index contributed by atoms with van der Waals surface area (Å²) in [6.45, 7) is 0.0585. The molecule has 0 atom stereocenters. The zero-order valence-corrected chi connectivity index (χ0v) is 17.2. The van der Waals surface area contributed by atoms with E-state index in [4.69, 9.17) is 28.9 Å². The number of hydrogen-bond acceptors (Lipinski definition) is 4. The normalized spacial score (nSPS) is 16.7. The second-order valence-corrected chi connectivity index (χ2v) is 8.07. The average Bonchev–Trinajstić information content (AvgIpc) is 3.19. The highest BCUT2D eigenvalue weighted by Crippen LogP contribution is 2.35. The first-order valence-corrected chi connectivity index (χ1v) is 10.1. The minimum atomic E-state index is -0.439. The summed E-state index contributed by atoms with van der Waals surface area (Å²) in [7, 11) is 0. The van der Waals surface area contributed by atoms with Crippen molar-refractivity contribution in [2.75, 3.05) is 0 Å². The van der Waals surface area contributed by atoms with Gasteiger partial charge in [-0.3, -0.25) is 9.59 Å². The number of nitrogens with one attached hydrogen (secondary N) is 1. The van der Waals surface area contributed by atoms with Gasteiger partial charge in [0.05, 0.1) is 20.6 Å². The lowest BCUT2D eigenvalue weighted by Gasteiger charge is -2.00. The summed E-state index contributed by atoms with van der Waals surface area (Å²) in [5.74, 6) is -0.704. The van der Waals surface area contributed by atoms with E-state index in [0.717, 1.165) is 16.5 Å². The molecule has 0 unspecified atom stereocenters. The first-order chi connectivity index (χ1) is 13.9. The molecular formula is C20H14Cl2N4O2S. The highest BCUT2D eigenvalue weighted by atomic mass is 35.5. The second-order valence-electron chi connectivity index (χ2n) is 6.25. The molecule has 1 aliphatic rings. The number of rotatable bonds is 4. The molecule has 3 N–H and O–H groups in total. The molecule has 2 aromatic carbocycles. The SMILES string of the molecule is NC(=O)Cn1cc(C=C2SC(=Nc3cccc(Cl)c3Cl)NC2=O)c2ccccc21. The summed E-state index contributed by atoms with van der Waals surface area (Å²) < 4.78 is 1.77. The van der Waals surface area contributed by atoms with Gasteiger partial charge < -0.3 is 15.6 Å². The predicted octanol–water partition coefficient (Wildman–Crippen LogP) is 4.33. The van der Waals surface area contributed by atoms with Crippen LogP contribution in [0.2, 0.25) is 10.0 Å². The number of carbonyl (C=O) groups is 2. The first kappa shape index (κ1) is 19.6. The Kier molecular flexibility index (Phi) is 5.36. The number of aliphatic imine (C=N–C) groups is 1. The largest absolute Gasteiger partial charge is 0.368 e. The Labute approximate surface area is 180 Å². The van der Waals surface area contributed by atoms with Crippen LogP contribution in [0.4, 0.5) is 5.69 Å². The second kappa shape index (κ2) is 7.94. The van der Waals surface area contributed by atoms with Crippen LogP contribution in [-0.4, -0.2) is 21.5 Å². The van der Waals surface area contributed by atoms with E-state index >= 15 is 0 Å². The van der Waals surface area contributed by atoms with Crippen LogP contribution in [0.15, 0.2) is 58.6 Å². The Morgan fingerprint density at radius 3 is 2.79 bits per heavy atom. The number of benzene rings is 2. The van der Waals surface area contributed by atoms with Crippen molar-refractivity contribution < 1.29 is 9.59 Å². The number of nitrogens with two attached hydrogens (primary N) is 1. The Morgan fingerprint density at radius 1 is 1.21 bits per heavy atom. The van der Waals surface area contributed by atoms with Crippen LogP contribution in [0, 0.1) is 0 Å². The molecule has 1 aliphatic heterocycles. The number of amidine groups is 1. The van der Waals surface area contributed by atoms with E-state index in [2.05, 4.69) is 10.3 Å². The van der Waals surface area contributed by atoms with Crippen LogP contribution in [0.3, 0.4) is 0 Å². The summed E-state index contributed by atoms with van der Waals surface area (Å²) in [5.41, 5.74) is 7.49. The molecule has 9 heteroatoms. The third kappa shape index (κ3) is 4.03. The number of fused-ring (bicyclic) bond motifs is 1. The maximum Gasteiger partial charge on any atom is 0.264 e. The van der Waals surface area contributed by atoms with Crippen molar-refractivity contribution in [3.63, 3.8) is 0 Å². The average molecular weight is 445 g/mol. The summed E-state index contributed by atoms with van der Waals surface area (Å²) in [6.07, 6.45) is 3.57. The number of halogens is 2. The molecule has 146 valence electrons. The monoisotopic (exact) mass is 444 g/mol. The Bertz CT molecular complexity index is 1220. The lowest BCUT2D eigenvalue weighted by atomic mass is 10.1. The third-order valence-electron chi connectivity index (χ3n) is 4.24. The van der Waals surface area contributed by atoms with Crippen molar-refractivity contribution in [1.29, 1.82) is 0 Å². The van der Waals surface area contributed by atoms with Gasteiger partial charge >= 0.3 is 0 Å². The minimum Gasteiger partial charge on any atom is -0.368 e. The molecule has 0 bridgehead atoms. The van der Waals surface area contributed by atoms with Crippen LogP contribution in [0.25, 0.3) is 17.0 Å². The van der Waals surface area contributed by atoms with Gasteiger partial charge in [-0.25, -0.2) is 4.99 Å². The number of amides is 2. The van der Waals surface area contributed by atoms with Crippen molar-refractivity contribution in [1.82, 2.24) is 9.88 Å². The van der Waals surface area contributed by atoms with Gasteiger partial charge in [-0.1, -0.05) is 47.5 Å². The lowest BCUT2D eigenvalue weighted by molar-refractivity contribution is -0.118. The van der Waals surface area contributed by atoms with E-state index in [1.54, 1.807) is 35.0 Å². The van der Waals surface area contributed by atoms with Gasteiger partial charge in [0.15, 0.2) is 5.17 Å². The zero-order chi connectivity index (χ0) is 20.5. The van der Waals surface area contributed by atoms with Gasteiger partial charge in [0.25, 0.3) is 5.91 Å². The van der Waals surface area contributed by atoms with E-state index in [1.807, 2.05) is 24.3 Å². The summed E-state index contributed by atoms with van der Waals surface area (Å²) in [6, 6.07) is 12.7. The molecule has 0 spiro atoms. The van der Waals surface area contributed by atoms with Gasteiger partial charge in [-0.15, -0.1) is 0 Å². The topological polar surface area (TPSA) is 89.5 Å². The van der Waals surface area contributed by atoms with Gasteiger partial charge in [-0.2, -0.15) is 0 Å². The van der Waals surface area contributed by atoms with Crippen molar-refractivity contribution in [2.24, 2.45) is 10.7 Å². The summed E-state index contributed by atoms with van der Waals surface area (Å²) in [4.78, 5) is 28.7. The molecule has 1 saturated heterocycles. The maximum absolute atomic E-state index is 12.4. The fourth-order valence-corrected chi connectivity index (χ4v) is 4.16. The minimum absolute atomic E-state index is 0.0585. The molecule has 6 nitrogen and oxygen atoms in total. The Balaban J connectivity index is 1.69. The summed E-state index contributed by atoms with van der Waals surface area (Å²) >= 11 is 13.4. The Morgan fingerprint density at radius 2 is 2.00 bits per heavy atom. The highest BCUT2D eigenvalue weighted by Gasteiger charge is 2.25. The lowest BCUT2D eigenvalue weighted by Crippen LogP contribution is -2.19. The Hall–Kier alpha value is -2.74. The van der Waals surface area contributed by atoms with E-state index in [1.165, 1.54) is 11.8 Å². The molecule has 0 saturated carbocycles. The molecule has 0 aliphatic carbocycles. The van der Waals surface area contributed by atoms with Crippen molar-refractivity contribution >= 4 is 74.6 Å². The molecule has 4 rings (SSSR count). The van der Waals surface area contributed by atoms with Crippen molar-refractivity contribution in [3.05, 3.63) is 69.2 Å². The van der Waals surface area contributed by atoms with E-state index in [0.29, 0.717) is 25.8 Å². The van der Waals surface area contributed by atoms with Gasteiger partial charge in [-0.05, 0) is 36.0 Å². The number of para-hydroxylation sites is 1. The molecule has 2 heterocycles. The van der Waals surface area contributed by atoms with Crippen LogP contribution in [0.5, 0.6) is 0 Å². The van der Waals surface area contributed by atoms with Gasteiger partial charge in [0, 0.05) is 22.7 Å². The number of nitrogens with zero attached hydrogens (tertiary/aromatic N) is 2. The predicted molar refractivity (Wildman–Crippen MR) is 118 cm³/mol. The van der Waals surface area contributed by atoms with Crippen LogP contribution in [-0.2, 0) is 16.1 Å². The maximum atomic E-state index is 12.4. The van der Waals surface area contributed by atoms with E-state index in [-0.39, 0.29) is 12.5 Å². The molecule has 1 aromatic heterocycles. The standard InChI is InChI=1S/C20H14Cl2N4O2S/c21-13-5-3-6-14(18(13)22)24-20-25-19(28)16(29-20)8-11-9-26(10-17(23)27)15-7-2-1-4-12(11)15/h1-9H,10H2,(H2,23,27)(H,24,25,28). The number of carbonyl (C=O) groups excluding carboxylic acids is 2. The fraction of sp³-hybridized carbons (Fsp3) is 0.0500. The fourth-order valence-electron chi connectivity index (χ4n) is 3.00. The number of aromatic nitrogens is 1. The third-order valence-corrected chi connectivity index (χ3v) is 5.96. The van der Waals surface area contributed by atoms with Crippen LogP contribution in [0.1, 0.15) is 5.56 Å². The molecule has 1 fully saturated rings. The first-order valence-electron chi connectivity index (χ1n) is 8.52. The quantitative estimate of drug-likeness (QED) is 0.586. The smallest absolute Gasteiger partial charge is 0.264 e. The number of thioether (sulfide) groups is 1. The number of primary amides is 1. The zero-order valence-electron chi connectivity index (χ0n) is 14.9. The van der Waals surface area contributed by atoms with Crippen LogP contribution < -0.4 is 11.1 Å². The van der Waals surface area contributed by atoms with Crippen LogP contribution >= 0.6 is 35.0 Å². The van der Waals surface area contributed by atoms with Crippen molar-refractivity contribution in [3.8, 4) is 0 Å². The van der Waals surface area contributed by atoms with E-state index in [9.17, 15) is 9.59 Å². The molecular weight excluding hydrogens is 431 g/mol.